The monoisotopic (exact) mass is 245 g/mol. The summed E-state index contributed by atoms with van der Waals surface area (Å²) in [5.74, 6) is 1.43. The van der Waals surface area contributed by atoms with Crippen molar-refractivity contribution in [3.63, 3.8) is 0 Å². The molecule has 1 aliphatic carbocycles. The molecule has 1 aliphatic rings. The highest BCUT2D eigenvalue weighted by atomic mass is 14.7. The van der Waals surface area contributed by atoms with E-state index in [0.717, 1.165) is 5.92 Å². The Hall–Kier alpha value is -0.820. The highest BCUT2D eigenvalue weighted by Crippen LogP contribution is 2.32. The van der Waals surface area contributed by atoms with Crippen molar-refractivity contribution in [3.05, 3.63) is 35.4 Å². The van der Waals surface area contributed by atoms with Crippen LogP contribution in [0.15, 0.2) is 24.3 Å². The van der Waals surface area contributed by atoms with Crippen LogP contribution >= 0.6 is 0 Å². The molecule has 1 nitrogen and oxygen atoms in total. The Morgan fingerprint density at radius 2 is 1.67 bits per heavy atom. The zero-order valence-electron chi connectivity index (χ0n) is 11.9. The number of rotatable bonds is 4. The second kappa shape index (κ2) is 6.38. The maximum absolute atomic E-state index is 6.42. The third kappa shape index (κ3) is 3.58. The zero-order chi connectivity index (χ0) is 13.0. The second-order valence-electron chi connectivity index (χ2n) is 6.26. The third-order valence-corrected chi connectivity index (χ3v) is 4.17. The van der Waals surface area contributed by atoms with Gasteiger partial charge in [0, 0.05) is 6.04 Å². The highest BCUT2D eigenvalue weighted by Gasteiger charge is 2.21. The van der Waals surface area contributed by atoms with Crippen LogP contribution in [-0.2, 0) is 6.42 Å². The Labute approximate surface area is 112 Å². The molecule has 0 bridgehead atoms. The smallest absolute Gasteiger partial charge is 0.0323 e. The minimum Gasteiger partial charge on any atom is -0.324 e. The quantitative estimate of drug-likeness (QED) is 0.832. The van der Waals surface area contributed by atoms with Gasteiger partial charge in [-0.25, -0.2) is 0 Å². The molecule has 0 heterocycles. The predicted molar refractivity (Wildman–Crippen MR) is 78.5 cm³/mol. The fraction of sp³-hybridized carbons (Fsp3) is 0.647. The lowest BCUT2D eigenvalue weighted by Gasteiger charge is -2.27. The van der Waals surface area contributed by atoms with Crippen molar-refractivity contribution in [2.24, 2.45) is 17.6 Å². The summed E-state index contributed by atoms with van der Waals surface area (Å²) in [7, 11) is 0. The summed E-state index contributed by atoms with van der Waals surface area (Å²) in [5, 5.41) is 0. The van der Waals surface area contributed by atoms with Crippen LogP contribution in [0.1, 0.15) is 63.1 Å². The van der Waals surface area contributed by atoms with Crippen LogP contribution in [0, 0.1) is 11.8 Å². The molecule has 0 aromatic heterocycles. The van der Waals surface area contributed by atoms with Crippen LogP contribution in [0.2, 0.25) is 0 Å². The number of benzene rings is 1. The van der Waals surface area contributed by atoms with Crippen molar-refractivity contribution in [2.45, 2.75) is 58.4 Å². The molecule has 1 unspecified atom stereocenters. The molecular formula is C17H27N. The first-order valence-electron chi connectivity index (χ1n) is 7.51. The van der Waals surface area contributed by atoms with Gasteiger partial charge >= 0.3 is 0 Å². The van der Waals surface area contributed by atoms with Crippen molar-refractivity contribution >= 4 is 0 Å². The molecule has 2 rings (SSSR count). The van der Waals surface area contributed by atoms with E-state index in [-0.39, 0.29) is 6.04 Å². The first-order chi connectivity index (χ1) is 8.66. The van der Waals surface area contributed by atoms with E-state index in [1.807, 2.05) is 0 Å². The average molecular weight is 245 g/mol. The molecule has 0 radical (unpaired) electrons. The van der Waals surface area contributed by atoms with Gasteiger partial charge in [0.15, 0.2) is 0 Å². The second-order valence-corrected chi connectivity index (χ2v) is 6.26. The summed E-state index contributed by atoms with van der Waals surface area (Å²) >= 11 is 0. The largest absolute Gasteiger partial charge is 0.324 e. The van der Waals surface area contributed by atoms with E-state index in [0.29, 0.717) is 5.92 Å². The number of hydrogen-bond acceptors (Lipinski definition) is 1. The molecule has 1 atom stereocenters. The van der Waals surface area contributed by atoms with Crippen LogP contribution in [0.4, 0.5) is 0 Å². The van der Waals surface area contributed by atoms with Gasteiger partial charge in [0.1, 0.15) is 0 Å². The maximum atomic E-state index is 6.42. The Morgan fingerprint density at radius 1 is 1.06 bits per heavy atom. The van der Waals surface area contributed by atoms with E-state index in [9.17, 15) is 0 Å². The predicted octanol–water partition coefficient (Wildman–Crippen LogP) is 4.47. The van der Waals surface area contributed by atoms with Gasteiger partial charge in [-0.05, 0) is 42.2 Å². The Morgan fingerprint density at radius 3 is 2.22 bits per heavy atom. The van der Waals surface area contributed by atoms with E-state index in [1.165, 1.54) is 49.7 Å². The van der Waals surface area contributed by atoms with Gasteiger partial charge in [-0.1, -0.05) is 57.4 Å². The van der Waals surface area contributed by atoms with Gasteiger partial charge < -0.3 is 5.73 Å². The van der Waals surface area contributed by atoms with Gasteiger partial charge in [-0.15, -0.1) is 0 Å². The molecule has 1 heteroatoms. The van der Waals surface area contributed by atoms with E-state index in [1.54, 1.807) is 0 Å². The van der Waals surface area contributed by atoms with Crippen molar-refractivity contribution in [1.29, 1.82) is 0 Å². The number of nitrogens with two attached hydrogens (primary N) is 1. The van der Waals surface area contributed by atoms with E-state index < -0.39 is 0 Å². The van der Waals surface area contributed by atoms with E-state index >= 15 is 0 Å². The summed E-state index contributed by atoms with van der Waals surface area (Å²) in [6.07, 6.45) is 7.92. The van der Waals surface area contributed by atoms with Gasteiger partial charge in [0.2, 0.25) is 0 Å². The van der Waals surface area contributed by atoms with Crippen LogP contribution < -0.4 is 5.73 Å². The van der Waals surface area contributed by atoms with Crippen molar-refractivity contribution < 1.29 is 0 Å². The summed E-state index contributed by atoms with van der Waals surface area (Å²) in [4.78, 5) is 0. The van der Waals surface area contributed by atoms with Crippen molar-refractivity contribution in [2.75, 3.05) is 0 Å². The minimum absolute atomic E-state index is 0.249. The standard InChI is InChI=1S/C17H27N/c1-13(2)12-14-8-10-16(11-9-14)17(18)15-6-4-3-5-7-15/h8-11,13,15,17H,3-7,12,18H2,1-2H3. The maximum Gasteiger partial charge on any atom is 0.0323 e. The van der Waals surface area contributed by atoms with E-state index in [4.69, 9.17) is 5.73 Å². The van der Waals surface area contributed by atoms with Gasteiger partial charge in [0.05, 0.1) is 0 Å². The lowest BCUT2D eigenvalue weighted by molar-refractivity contribution is 0.308. The van der Waals surface area contributed by atoms with Crippen LogP contribution in [-0.4, -0.2) is 0 Å². The van der Waals surface area contributed by atoms with Gasteiger partial charge in [0.25, 0.3) is 0 Å². The Bertz CT molecular complexity index is 346. The zero-order valence-corrected chi connectivity index (χ0v) is 11.9. The molecule has 0 spiro atoms. The van der Waals surface area contributed by atoms with E-state index in [2.05, 4.69) is 38.1 Å². The SMILES string of the molecule is CC(C)Cc1ccc(C(N)C2CCCCC2)cc1. The molecule has 100 valence electrons. The summed E-state index contributed by atoms with van der Waals surface area (Å²) in [6.45, 7) is 4.53. The molecular weight excluding hydrogens is 218 g/mol. The lowest BCUT2D eigenvalue weighted by atomic mass is 9.81. The van der Waals surface area contributed by atoms with Gasteiger partial charge in [-0.3, -0.25) is 0 Å². The Balaban J connectivity index is 1.99. The van der Waals surface area contributed by atoms with Crippen molar-refractivity contribution in [3.8, 4) is 0 Å². The molecule has 0 saturated heterocycles. The molecule has 0 amide bonds. The molecule has 1 fully saturated rings. The molecule has 1 aromatic carbocycles. The topological polar surface area (TPSA) is 26.0 Å². The minimum atomic E-state index is 0.249. The summed E-state index contributed by atoms with van der Waals surface area (Å²) in [5.41, 5.74) is 9.18. The van der Waals surface area contributed by atoms with Crippen LogP contribution in [0.3, 0.4) is 0 Å². The fourth-order valence-corrected chi connectivity index (χ4v) is 3.11. The highest BCUT2D eigenvalue weighted by molar-refractivity contribution is 5.25. The fourth-order valence-electron chi connectivity index (χ4n) is 3.11. The number of hydrogen-bond donors (Lipinski definition) is 1. The Kier molecular flexibility index (Phi) is 4.82. The molecule has 18 heavy (non-hydrogen) atoms. The lowest BCUT2D eigenvalue weighted by Crippen LogP contribution is -2.23. The molecule has 2 N–H and O–H groups in total. The first kappa shape index (κ1) is 13.6. The van der Waals surface area contributed by atoms with Gasteiger partial charge in [-0.2, -0.15) is 0 Å². The normalized spacial score (nSPS) is 19.1. The summed E-state index contributed by atoms with van der Waals surface area (Å²) in [6, 6.07) is 9.27. The molecule has 1 saturated carbocycles. The molecule has 1 aromatic rings. The van der Waals surface area contributed by atoms with Crippen molar-refractivity contribution in [1.82, 2.24) is 0 Å². The van der Waals surface area contributed by atoms with Crippen LogP contribution in [0.5, 0.6) is 0 Å². The first-order valence-corrected chi connectivity index (χ1v) is 7.51. The average Bonchev–Trinajstić information content (AvgIpc) is 2.39. The third-order valence-electron chi connectivity index (χ3n) is 4.17. The summed E-state index contributed by atoms with van der Waals surface area (Å²) < 4.78 is 0. The van der Waals surface area contributed by atoms with Crippen LogP contribution in [0.25, 0.3) is 0 Å². The molecule has 0 aliphatic heterocycles.